The van der Waals surface area contributed by atoms with E-state index in [1.807, 2.05) is 19.9 Å². The lowest BCUT2D eigenvalue weighted by atomic mass is 9.95. The number of aryl methyl sites for hydroxylation is 2. The summed E-state index contributed by atoms with van der Waals surface area (Å²) >= 11 is 3.47. The van der Waals surface area contributed by atoms with Crippen molar-refractivity contribution in [2.75, 3.05) is 0 Å². The van der Waals surface area contributed by atoms with Gasteiger partial charge in [0, 0.05) is 10.9 Å². The van der Waals surface area contributed by atoms with Gasteiger partial charge in [-0.25, -0.2) is 0 Å². The highest BCUT2D eigenvalue weighted by Gasteiger charge is 2.06. The highest BCUT2D eigenvalue weighted by atomic mass is 79.9. The van der Waals surface area contributed by atoms with Crippen LogP contribution < -0.4 is 0 Å². The summed E-state index contributed by atoms with van der Waals surface area (Å²) in [4.78, 5) is 10.9. The molecule has 18 heavy (non-hydrogen) atoms. The van der Waals surface area contributed by atoms with Gasteiger partial charge in [0.25, 0.3) is 0 Å². The zero-order valence-corrected chi connectivity index (χ0v) is 12.1. The number of carbonyl (C=O) groups excluding carboxylic acids is 1. The van der Waals surface area contributed by atoms with Gasteiger partial charge in [-0.05, 0) is 47.7 Å². The SMILES string of the molecule is Cc1cc(-c2cccc(CBr)c2)c(C)cc1C=O. The molecule has 0 aromatic heterocycles. The van der Waals surface area contributed by atoms with E-state index in [2.05, 4.69) is 46.3 Å². The molecule has 0 aliphatic carbocycles. The third kappa shape index (κ3) is 2.54. The van der Waals surface area contributed by atoms with Crippen LogP contribution in [0.25, 0.3) is 11.1 Å². The second-order valence-electron chi connectivity index (χ2n) is 4.48. The first-order chi connectivity index (χ1) is 8.65. The third-order valence-electron chi connectivity index (χ3n) is 3.13. The molecule has 0 heterocycles. The van der Waals surface area contributed by atoms with Crippen LogP contribution in [0.1, 0.15) is 27.0 Å². The molecular weight excluding hydrogens is 288 g/mol. The lowest BCUT2D eigenvalue weighted by molar-refractivity contribution is 0.112. The zero-order chi connectivity index (χ0) is 13.1. The van der Waals surface area contributed by atoms with E-state index in [9.17, 15) is 4.79 Å². The van der Waals surface area contributed by atoms with Crippen molar-refractivity contribution in [2.24, 2.45) is 0 Å². The summed E-state index contributed by atoms with van der Waals surface area (Å²) in [5.41, 5.74) is 6.58. The fraction of sp³-hybridized carbons (Fsp3) is 0.188. The zero-order valence-electron chi connectivity index (χ0n) is 10.5. The highest BCUT2D eigenvalue weighted by Crippen LogP contribution is 2.27. The summed E-state index contributed by atoms with van der Waals surface area (Å²) in [5, 5.41) is 0.852. The van der Waals surface area contributed by atoms with Crippen LogP contribution in [0.4, 0.5) is 0 Å². The van der Waals surface area contributed by atoms with Crippen molar-refractivity contribution in [3.05, 3.63) is 58.7 Å². The van der Waals surface area contributed by atoms with Gasteiger partial charge in [0.2, 0.25) is 0 Å². The smallest absolute Gasteiger partial charge is 0.150 e. The Kier molecular flexibility index (Phi) is 3.97. The second-order valence-corrected chi connectivity index (χ2v) is 5.04. The monoisotopic (exact) mass is 302 g/mol. The maximum Gasteiger partial charge on any atom is 0.150 e. The summed E-state index contributed by atoms with van der Waals surface area (Å²) in [6.45, 7) is 4.02. The number of hydrogen-bond acceptors (Lipinski definition) is 1. The van der Waals surface area contributed by atoms with Crippen molar-refractivity contribution in [1.82, 2.24) is 0 Å². The van der Waals surface area contributed by atoms with E-state index in [0.29, 0.717) is 0 Å². The minimum absolute atomic E-state index is 0.771. The Labute approximate surface area is 116 Å². The van der Waals surface area contributed by atoms with Gasteiger partial charge in [-0.1, -0.05) is 46.3 Å². The highest BCUT2D eigenvalue weighted by molar-refractivity contribution is 9.08. The molecular formula is C16H15BrO. The van der Waals surface area contributed by atoms with Gasteiger partial charge in [-0.3, -0.25) is 4.79 Å². The molecule has 2 heteroatoms. The number of alkyl halides is 1. The van der Waals surface area contributed by atoms with E-state index in [-0.39, 0.29) is 0 Å². The van der Waals surface area contributed by atoms with Crippen molar-refractivity contribution in [1.29, 1.82) is 0 Å². The Morgan fingerprint density at radius 3 is 2.56 bits per heavy atom. The molecule has 0 unspecified atom stereocenters. The second kappa shape index (κ2) is 5.49. The lowest BCUT2D eigenvalue weighted by Crippen LogP contribution is -1.92. The average molecular weight is 303 g/mol. The first kappa shape index (κ1) is 13.0. The van der Waals surface area contributed by atoms with Crippen LogP contribution in [0.2, 0.25) is 0 Å². The van der Waals surface area contributed by atoms with Crippen LogP contribution in [0.15, 0.2) is 36.4 Å². The van der Waals surface area contributed by atoms with Crippen LogP contribution >= 0.6 is 15.9 Å². The maximum absolute atomic E-state index is 10.9. The normalized spacial score (nSPS) is 10.4. The molecule has 0 N–H and O–H groups in total. The number of aldehydes is 1. The predicted octanol–water partition coefficient (Wildman–Crippen LogP) is 4.68. The number of hydrogen-bond donors (Lipinski definition) is 0. The molecule has 2 aromatic carbocycles. The Morgan fingerprint density at radius 2 is 1.89 bits per heavy atom. The molecule has 0 fully saturated rings. The van der Waals surface area contributed by atoms with Gasteiger partial charge in [0.1, 0.15) is 6.29 Å². The van der Waals surface area contributed by atoms with Crippen molar-refractivity contribution in [2.45, 2.75) is 19.2 Å². The minimum atomic E-state index is 0.771. The van der Waals surface area contributed by atoms with Crippen LogP contribution in [0.5, 0.6) is 0 Å². The Balaban J connectivity index is 2.56. The van der Waals surface area contributed by atoms with Gasteiger partial charge in [0.15, 0.2) is 0 Å². The maximum atomic E-state index is 10.9. The Bertz CT molecular complexity index is 588. The Morgan fingerprint density at radius 1 is 1.11 bits per heavy atom. The number of halogens is 1. The van der Waals surface area contributed by atoms with Gasteiger partial charge in [-0.15, -0.1) is 0 Å². The van der Waals surface area contributed by atoms with Gasteiger partial charge >= 0.3 is 0 Å². The average Bonchev–Trinajstić information content (AvgIpc) is 2.41. The summed E-state index contributed by atoms with van der Waals surface area (Å²) in [6.07, 6.45) is 0.918. The molecule has 0 saturated carbocycles. The summed E-state index contributed by atoms with van der Waals surface area (Å²) in [6, 6.07) is 12.5. The lowest BCUT2D eigenvalue weighted by Gasteiger charge is -2.10. The van der Waals surface area contributed by atoms with Crippen molar-refractivity contribution >= 4 is 22.2 Å². The molecule has 1 nitrogen and oxygen atoms in total. The molecule has 0 aliphatic rings. The largest absolute Gasteiger partial charge is 0.298 e. The minimum Gasteiger partial charge on any atom is -0.298 e. The summed E-state index contributed by atoms with van der Waals surface area (Å²) < 4.78 is 0. The molecule has 2 aromatic rings. The first-order valence-corrected chi connectivity index (χ1v) is 6.99. The molecule has 0 amide bonds. The number of benzene rings is 2. The quantitative estimate of drug-likeness (QED) is 0.594. The van der Waals surface area contributed by atoms with E-state index in [1.54, 1.807) is 0 Å². The van der Waals surface area contributed by atoms with Crippen molar-refractivity contribution in [3.8, 4) is 11.1 Å². The molecule has 0 spiro atoms. The van der Waals surface area contributed by atoms with Crippen LogP contribution in [-0.2, 0) is 5.33 Å². The number of rotatable bonds is 3. The molecule has 0 bridgehead atoms. The topological polar surface area (TPSA) is 17.1 Å². The predicted molar refractivity (Wildman–Crippen MR) is 79.4 cm³/mol. The molecule has 2 rings (SSSR count). The fourth-order valence-corrected chi connectivity index (χ4v) is 2.45. The third-order valence-corrected chi connectivity index (χ3v) is 3.78. The van der Waals surface area contributed by atoms with E-state index >= 15 is 0 Å². The molecule has 0 atom stereocenters. The van der Waals surface area contributed by atoms with Crippen molar-refractivity contribution in [3.63, 3.8) is 0 Å². The van der Waals surface area contributed by atoms with E-state index in [4.69, 9.17) is 0 Å². The molecule has 92 valence electrons. The van der Waals surface area contributed by atoms with E-state index < -0.39 is 0 Å². The Hall–Kier alpha value is -1.41. The van der Waals surface area contributed by atoms with Crippen LogP contribution in [0, 0.1) is 13.8 Å². The van der Waals surface area contributed by atoms with E-state index in [0.717, 1.165) is 28.3 Å². The summed E-state index contributed by atoms with van der Waals surface area (Å²) in [5.74, 6) is 0. The van der Waals surface area contributed by atoms with Gasteiger partial charge in [0.05, 0.1) is 0 Å². The van der Waals surface area contributed by atoms with Gasteiger partial charge in [-0.2, -0.15) is 0 Å². The molecule has 0 radical (unpaired) electrons. The summed E-state index contributed by atoms with van der Waals surface area (Å²) in [7, 11) is 0. The first-order valence-electron chi connectivity index (χ1n) is 5.87. The van der Waals surface area contributed by atoms with E-state index in [1.165, 1.54) is 16.7 Å². The molecule has 0 saturated heterocycles. The van der Waals surface area contributed by atoms with Crippen molar-refractivity contribution < 1.29 is 4.79 Å². The number of carbonyl (C=O) groups is 1. The van der Waals surface area contributed by atoms with Crippen LogP contribution in [-0.4, -0.2) is 6.29 Å². The van der Waals surface area contributed by atoms with Gasteiger partial charge < -0.3 is 0 Å². The molecule has 0 aliphatic heterocycles. The van der Waals surface area contributed by atoms with Crippen LogP contribution in [0.3, 0.4) is 0 Å². The standard InChI is InChI=1S/C16H15BrO/c1-11-7-16(12(2)6-15(11)10-18)14-5-3-4-13(8-14)9-17/h3-8,10H,9H2,1-2H3. The fourth-order valence-electron chi connectivity index (χ4n) is 2.10.